The number of nitrogens with one attached hydrogen (secondary N) is 1. The van der Waals surface area contributed by atoms with Gasteiger partial charge in [0.15, 0.2) is 0 Å². The highest BCUT2D eigenvalue weighted by Gasteiger charge is 2.29. The van der Waals surface area contributed by atoms with Crippen molar-refractivity contribution in [2.24, 2.45) is 4.99 Å². The van der Waals surface area contributed by atoms with Gasteiger partial charge < -0.3 is 10.2 Å². The Morgan fingerprint density at radius 1 is 1.17 bits per heavy atom. The van der Waals surface area contributed by atoms with Crippen molar-refractivity contribution in [3.63, 3.8) is 0 Å². The number of amidine groups is 1. The highest BCUT2D eigenvalue weighted by atomic mass is 32.1. The predicted octanol–water partition coefficient (Wildman–Crippen LogP) is 4.84. The summed E-state index contributed by atoms with van der Waals surface area (Å²) < 4.78 is 0. The lowest BCUT2D eigenvalue weighted by atomic mass is 10.0. The van der Waals surface area contributed by atoms with Gasteiger partial charge in [0.2, 0.25) is 0 Å². The van der Waals surface area contributed by atoms with Crippen LogP contribution in [-0.4, -0.2) is 53.3 Å². The van der Waals surface area contributed by atoms with Crippen molar-refractivity contribution < 1.29 is 0 Å². The van der Waals surface area contributed by atoms with E-state index in [1.165, 1.54) is 21.0 Å². The molecule has 30 heavy (non-hydrogen) atoms. The number of aryl methyl sites for hydroxylation is 2. The van der Waals surface area contributed by atoms with Gasteiger partial charge in [-0.25, -0.2) is 4.99 Å². The summed E-state index contributed by atoms with van der Waals surface area (Å²) in [7, 11) is 2.25. The van der Waals surface area contributed by atoms with Crippen LogP contribution in [0.1, 0.15) is 22.4 Å². The van der Waals surface area contributed by atoms with E-state index in [-0.39, 0.29) is 0 Å². The summed E-state index contributed by atoms with van der Waals surface area (Å²) in [5, 5.41) is 4.82. The number of nitrogens with zero attached hydrogens (tertiary/aromatic N) is 4. The Balaban J connectivity index is 1.42. The van der Waals surface area contributed by atoms with Crippen LogP contribution in [0.15, 0.2) is 59.9 Å². The van der Waals surface area contributed by atoms with Gasteiger partial charge in [-0.05, 0) is 56.6 Å². The van der Waals surface area contributed by atoms with Crippen LogP contribution in [-0.2, 0) is 6.42 Å². The number of anilines is 2. The topological polar surface area (TPSA) is 43.8 Å². The largest absolute Gasteiger partial charge is 0.353 e. The van der Waals surface area contributed by atoms with Crippen LogP contribution in [0.25, 0.3) is 0 Å². The summed E-state index contributed by atoms with van der Waals surface area (Å²) in [5.74, 6) is 1.10. The van der Waals surface area contributed by atoms with Crippen LogP contribution in [0.3, 0.4) is 0 Å². The zero-order chi connectivity index (χ0) is 20.5. The van der Waals surface area contributed by atoms with Crippen molar-refractivity contribution in [3.05, 3.63) is 70.9 Å². The Morgan fingerprint density at radius 2 is 2.07 bits per heavy atom. The van der Waals surface area contributed by atoms with Crippen molar-refractivity contribution >= 4 is 33.5 Å². The van der Waals surface area contributed by atoms with Crippen LogP contribution < -0.4 is 5.32 Å². The van der Waals surface area contributed by atoms with Crippen LogP contribution in [0.4, 0.5) is 16.4 Å². The molecule has 2 aliphatic heterocycles. The number of thiophene rings is 1. The zero-order valence-corrected chi connectivity index (χ0v) is 18.3. The molecular weight excluding hydrogens is 390 g/mol. The molecule has 1 fully saturated rings. The van der Waals surface area contributed by atoms with E-state index in [4.69, 9.17) is 4.99 Å². The Bertz CT molecular complexity index is 1060. The Kier molecular flexibility index (Phi) is 5.27. The molecule has 0 amide bonds. The molecule has 0 spiro atoms. The fourth-order valence-corrected chi connectivity index (χ4v) is 5.24. The van der Waals surface area contributed by atoms with E-state index >= 15 is 0 Å². The summed E-state index contributed by atoms with van der Waals surface area (Å²) in [6, 6.07) is 15.3. The Morgan fingerprint density at radius 3 is 2.93 bits per heavy atom. The van der Waals surface area contributed by atoms with Gasteiger partial charge in [0.1, 0.15) is 10.8 Å². The number of aliphatic imine (C=N–C) groups is 1. The van der Waals surface area contributed by atoms with Crippen molar-refractivity contribution in [1.82, 2.24) is 14.8 Å². The highest BCUT2D eigenvalue weighted by Crippen LogP contribution is 2.39. The van der Waals surface area contributed by atoms with Gasteiger partial charge in [0.25, 0.3) is 0 Å². The maximum atomic E-state index is 5.15. The number of para-hydroxylation sites is 2. The molecule has 4 heterocycles. The van der Waals surface area contributed by atoms with E-state index in [9.17, 15) is 0 Å². The fraction of sp³-hybridized carbons (Fsp3) is 0.333. The summed E-state index contributed by atoms with van der Waals surface area (Å²) in [4.78, 5) is 15.7. The first-order chi connectivity index (χ1) is 14.7. The third kappa shape index (κ3) is 3.85. The van der Waals surface area contributed by atoms with E-state index in [1.807, 2.05) is 29.8 Å². The van der Waals surface area contributed by atoms with E-state index in [0.29, 0.717) is 6.04 Å². The Labute approximate surface area is 182 Å². The molecule has 1 atom stereocenters. The van der Waals surface area contributed by atoms with E-state index < -0.39 is 0 Å². The Hall–Kier alpha value is -2.70. The van der Waals surface area contributed by atoms with E-state index in [0.717, 1.165) is 49.7 Å². The summed E-state index contributed by atoms with van der Waals surface area (Å²) in [6.07, 6.45) is 6.00. The number of pyridine rings is 1. The van der Waals surface area contributed by atoms with Gasteiger partial charge >= 0.3 is 0 Å². The molecule has 0 aliphatic carbocycles. The van der Waals surface area contributed by atoms with Gasteiger partial charge in [-0.1, -0.05) is 18.2 Å². The van der Waals surface area contributed by atoms with Gasteiger partial charge in [0.05, 0.1) is 16.9 Å². The first-order valence-corrected chi connectivity index (χ1v) is 11.4. The minimum Gasteiger partial charge on any atom is -0.353 e. The molecule has 5 rings (SSSR count). The molecule has 6 heteroatoms. The number of likely N-dealkylation sites (N-methyl/N-ethyl adjacent to an activating group) is 1. The van der Waals surface area contributed by atoms with Gasteiger partial charge in [-0.3, -0.25) is 9.88 Å². The van der Waals surface area contributed by atoms with E-state index in [2.05, 4.69) is 70.5 Å². The molecule has 0 bridgehead atoms. The molecule has 154 valence electrons. The molecule has 1 aromatic carbocycles. The molecule has 5 nitrogen and oxygen atoms in total. The second kappa shape index (κ2) is 8.20. The molecule has 0 radical (unpaired) electrons. The predicted molar refractivity (Wildman–Crippen MR) is 126 cm³/mol. The number of rotatable bonds is 3. The van der Waals surface area contributed by atoms with Crippen LogP contribution >= 0.6 is 11.3 Å². The quantitative estimate of drug-likeness (QED) is 0.663. The SMILES string of the molecule is Cc1cc2c(s1)Nc1ccccc1N=C2N1CCN(C)[C@@H](CCc2cccnc2)C1. The fourth-order valence-electron chi connectivity index (χ4n) is 4.32. The van der Waals surface area contributed by atoms with Crippen LogP contribution in [0.5, 0.6) is 0 Å². The molecular formula is C24H27N5S. The number of piperazine rings is 1. The maximum absolute atomic E-state index is 5.15. The molecule has 3 aromatic rings. The minimum absolute atomic E-state index is 0.497. The molecule has 2 aromatic heterocycles. The summed E-state index contributed by atoms with van der Waals surface area (Å²) >= 11 is 1.81. The van der Waals surface area contributed by atoms with Gasteiger partial charge in [-0.15, -0.1) is 11.3 Å². The standard InChI is InChI=1S/C24H27N5S/c1-17-14-20-23(26-21-7-3-4-8-22(21)27-24(20)30-17)29-13-12-28(2)19(16-29)10-9-18-6-5-11-25-15-18/h3-8,11,14-15,19,27H,9-10,12-13,16H2,1-2H3/t19-/m0/s1. The molecule has 0 unspecified atom stereocenters. The summed E-state index contributed by atoms with van der Waals surface area (Å²) in [6.45, 7) is 5.21. The average Bonchev–Trinajstić information content (AvgIpc) is 3.05. The van der Waals surface area contributed by atoms with Crippen molar-refractivity contribution in [2.75, 3.05) is 32.0 Å². The number of hydrogen-bond donors (Lipinski definition) is 1. The number of aromatic nitrogens is 1. The number of fused-ring (bicyclic) bond motifs is 2. The molecule has 1 saturated heterocycles. The van der Waals surface area contributed by atoms with Gasteiger partial charge in [0, 0.05) is 42.9 Å². The molecule has 1 N–H and O–H groups in total. The lowest BCUT2D eigenvalue weighted by Gasteiger charge is -2.41. The van der Waals surface area contributed by atoms with Crippen LogP contribution in [0.2, 0.25) is 0 Å². The normalized spacial score (nSPS) is 18.8. The number of benzene rings is 1. The molecule has 0 saturated carbocycles. The van der Waals surface area contributed by atoms with Crippen LogP contribution in [0, 0.1) is 6.92 Å². The number of hydrogen-bond acceptors (Lipinski definition) is 6. The minimum atomic E-state index is 0.497. The van der Waals surface area contributed by atoms with Crippen molar-refractivity contribution in [1.29, 1.82) is 0 Å². The van der Waals surface area contributed by atoms with Crippen molar-refractivity contribution in [2.45, 2.75) is 25.8 Å². The lowest BCUT2D eigenvalue weighted by Crippen LogP contribution is -2.53. The maximum Gasteiger partial charge on any atom is 0.139 e. The van der Waals surface area contributed by atoms with Crippen molar-refractivity contribution in [3.8, 4) is 0 Å². The van der Waals surface area contributed by atoms with E-state index in [1.54, 1.807) is 0 Å². The first kappa shape index (κ1) is 19.3. The zero-order valence-electron chi connectivity index (χ0n) is 17.5. The second-order valence-corrected chi connectivity index (χ2v) is 9.41. The highest BCUT2D eigenvalue weighted by molar-refractivity contribution is 7.16. The lowest BCUT2D eigenvalue weighted by molar-refractivity contribution is 0.134. The monoisotopic (exact) mass is 417 g/mol. The first-order valence-electron chi connectivity index (χ1n) is 10.6. The third-order valence-electron chi connectivity index (χ3n) is 6.04. The second-order valence-electron chi connectivity index (χ2n) is 8.16. The molecule has 2 aliphatic rings. The average molecular weight is 418 g/mol. The third-order valence-corrected chi connectivity index (χ3v) is 7.01. The van der Waals surface area contributed by atoms with Gasteiger partial charge in [-0.2, -0.15) is 0 Å². The summed E-state index contributed by atoms with van der Waals surface area (Å²) in [5.41, 5.74) is 4.63. The smallest absolute Gasteiger partial charge is 0.139 e.